The van der Waals surface area contributed by atoms with Crippen LogP contribution in [0.25, 0.3) is 0 Å². The zero-order valence-corrected chi connectivity index (χ0v) is 11.0. The fourth-order valence-corrected chi connectivity index (χ4v) is 1.89. The van der Waals surface area contributed by atoms with Crippen molar-refractivity contribution in [1.29, 1.82) is 0 Å². The third-order valence-electron chi connectivity index (χ3n) is 2.63. The molecule has 1 amide bonds. The summed E-state index contributed by atoms with van der Waals surface area (Å²) in [6.45, 7) is 1.89. The first-order chi connectivity index (χ1) is 8.97. The van der Waals surface area contributed by atoms with Crippen molar-refractivity contribution in [3.05, 3.63) is 58.4 Å². The van der Waals surface area contributed by atoms with Crippen LogP contribution in [0.3, 0.4) is 0 Å². The summed E-state index contributed by atoms with van der Waals surface area (Å²) in [6, 6.07) is 8.91. The summed E-state index contributed by atoms with van der Waals surface area (Å²) in [5.74, 6) is -0.918. The van der Waals surface area contributed by atoms with E-state index in [1.807, 2.05) is 13.0 Å². The SMILES string of the molecule is Cc1ccc(N)c(NC(=O)c2ccc(F)cc2Cl)c1. The lowest BCUT2D eigenvalue weighted by atomic mass is 10.1. The van der Waals surface area contributed by atoms with E-state index >= 15 is 0 Å². The fraction of sp³-hybridized carbons (Fsp3) is 0.0714. The Morgan fingerprint density at radius 3 is 2.68 bits per heavy atom. The summed E-state index contributed by atoms with van der Waals surface area (Å²) in [7, 11) is 0. The van der Waals surface area contributed by atoms with Gasteiger partial charge in [0.2, 0.25) is 0 Å². The Kier molecular flexibility index (Phi) is 3.71. The first-order valence-electron chi connectivity index (χ1n) is 5.60. The molecule has 0 spiro atoms. The van der Waals surface area contributed by atoms with Crippen LogP contribution in [0, 0.1) is 12.7 Å². The maximum Gasteiger partial charge on any atom is 0.257 e. The van der Waals surface area contributed by atoms with E-state index in [0.717, 1.165) is 11.6 Å². The second-order valence-corrected chi connectivity index (χ2v) is 4.58. The Bertz CT molecular complexity index is 643. The molecule has 0 aliphatic heterocycles. The summed E-state index contributed by atoms with van der Waals surface area (Å²) < 4.78 is 12.9. The molecule has 0 saturated carbocycles. The molecule has 98 valence electrons. The lowest BCUT2D eigenvalue weighted by molar-refractivity contribution is 0.102. The molecule has 0 atom stereocenters. The molecular formula is C14H12ClFN2O. The third kappa shape index (κ3) is 3.03. The van der Waals surface area contributed by atoms with Gasteiger partial charge >= 0.3 is 0 Å². The zero-order chi connectivity index (χ0) is 14.0. The van der Waals surface area contributed by atoms with Gasteiger partial charge in [-0.1, -0.05) is 17.7 Å². The molecule has 19 heavy (non-hydrogen) atoms. The topological polar surface area (TPSA) is 55.1 Å². The van der Waals surface area contributed by atoms with Gasteiger partial charge < -0.3 is 11.1 Å². The second-order valence-electron chi connectivity index (χ2n) is 4.17. The van der Waals surface area contributed by atoms with Gasteiger partial charge in [-0.05, 0) is 42.8 Å². The number of hydrogen-bond donors (Lipinski definition) is 2. The van der Waals surface area contributed by atoms with Crippen molar-refractivity contribution in [1.82, 2.24) is 0 Å². The van der Waals surface area contributed by atoms with Gasteiger partial charge in [-0.2, -0.15) is 0 Å². The van der Waals surface area contributed by atoms with Crippen molar-refractivity contribution in [3.63, 3.8) is 0 Å². The molecule has 2 aromatic carbocycles. The van der Waals surface area contributed by atoms with Crippen molar-refractivity contribution in [3.8, 4) is 0 Å². The minimum Gasteiger partial charge on any atom is -0.397 e. The number of halogens is 2. The molecule has 2 aromatic rings. The lowest BCUT2D eigenvalue weighted by Gasteiger charge is -2.10. The first kappa shape index (κ1) is 13.4. The number of nitrogens with two attached hydrogens (primary N) is 1. The van der Waals surface area contributed by atoms with E-state index < -0.39 is 11.7 Å². The standard InChI is InChI=1S/C14H12ClFN2O/c1-8-2-5-12(17)13(6-8)18-14(19)10-4-3-9(16)7-11(10)15/h2-7H,17H2,1H3,(H,18,19). The van der Waals surface area contributed by atoms with Crippen molar-refractivity contribution >= 4 is 28.9 Å². The van der Waals surface area contributed by atoms with E-state index in [-0.39, 0.29) is 10.6 Å². The van der Waals surface area contributed by atoms with Crippen LogP contribution < -0.4 is 11.1 Å². The highest BCUT2D eigenvalue weighted by molar-refractivity contribution is 6.34. The molecule has 0 radical (unpaired) electrons. The van der Waals surface area contributed by atoms with Crippen molar-refractivity contribution < 1.29 is 9.18 Å². The summed E-state index contributed by atoms with van der Waals surface area (Å²) in [5.41, 5.74) is 7.90. The van der Waals surface area contributed by atoms with E-state index in [9.17, 15) is 9.18 Å². The monoisotopic (exact) mass is 278 g/mol. The van der Waals surface area contributed by atoms with Crippen molar-refractivity contribution in [2.24, 2.45) is 0 Å². The molecule has 0 unspecified atom stereocenters. The van der Waals surface area contributed by atoms with Gasteiger partial charge in [-0.3, -0.25) is 4.79 Å². The number of amides is 1. The normalized spacial score (nSPS) is 10.3. The van der Waals surface area contributed by atoms with E-state index in [1.165, 1.54) is 12.1 Å². The van der Waals surface area contributed by atoms with Crippen LogP contribution >= 0.6 is 11.6 Å². The number of carbonyl (C=O) groups excluding carboxylic acids is 1. The van der Waals surface area contributed by atoms with Gasteiger partial charge in [0.15, 0.2) is 0 Å². The van der Waals surface area contributed by atoms with E-state index in [0.29, 0.717) is 11.4 Å². The molecule has 5 heteroatoms. The largest absolute Gasteiger partial charge is 0.397 e. The molecule has 0 heterocycles. The smallest absolute Gasteiger partial charge is 0.257 e. The Morgan fingerprint density at radius 2 is 2.00 bits per heavy atom. The number of carbonyl (C=O) groups is 1. The van der Waals surface area contributed by atoms with Crippen LogP contribution in [0.5, 0.6) is 0 Å². The van der Waals surface area contributed by atoms with Gasteiger partial charge in [-0.15, -0.1) is 0 Å². The van der Waals surface area contributed by atoms with Crippen LogP contribution in [-0.2, 0) is 0 Å². The fourth-order valence-electron chi connectivity index (χ4n) is 1.64. The van der Waals surface area contributed by atoms with Gasteiger partial charge in [0, 0.05) is 0 Å². The Morgan fingerprint density at radius 1 is 1.26 bits per heavy atom. The van der Waals surface area contributed by atoms with Gasteiger partial charge in [-0.25, -0.2) is 4.39 Å². The van der Waals surface area contributed by atoms with Crippen molar-refractivity contribution in [2.45, 2.75) is 6.92 Å². The molecule has 3 N–H and O–H groups in total. The van der Waals surface area contributed by atoms with Crippen LogP contribution in [0.2, 0.25) is 5.02 Å². The average molecular weight is 279 g/mol. The van der Waals surface area contributed by atoms with Gasteiger partial charge in [0.1, 0.15) is 5.82 Å². The first-order valence-corrected chi connectivity index (χ1v) is 5.97. The zero-order valence-electron chi connectivity index (χ0n) is 10.2. The molecule has 0 aliphatic rings. The molecule has 3 nitrogen and oxygen atoms in total. The Labute approximate surface area is 115 Å². The predicted molar refractivity (Wildman–Crippen MR) is 75.0 cm³/mol. The van der Waals surface area contributed by atoms with Crippen LogP contribution in [0.1, 0.15) is 15.9 Å². The second kappa shape index (κ2) is 5.28. The number of aryl methyl sites for hydroxylation is 1. The highest BCUT2D eigenvalue weighted by atomic mass is 35.5. The summed E-state index contributed by atoms with van der Waals surface area (Å²) in [5, 5.41) is 2.72. The Hall–Kier alpha value is -2.07. The molecule has 0 bridgehead atoms. The van der Waals surface area contributed by atoms with E-state index in [2.05, 4.69) is 5.32 Å². The highest BCUT2D eigenvalue weighted by Crippen LogP contribution is 2.23. The van der Waals surface area contributed by atoms with Gasteiger partial charge in [0.05, 0.1) is 22.0 Å². The number of nitrogen functional groups attached to an aromatic ring is 1. The minimum absolute atomic E-state index is 0.0590. The molecule has 0 aliphatic carbocycles. The van der Waals surface area contributed by atoms with E-state index in [4.69, 9.17) is 17.3 Å². The quantitative estimate of drug-likeness (QED) is 0.824. The summed E-state index contributed by atoms with van der Waals surface area (Å²) in [4.78, 5) is 12.0. The average Bonchev–Trinajstić information content (AvgIpc) is 2.33. The number of benzene rings is 2. The Balaban J connectivity index is 2.28. The van der Waals surface area contributed by atoms with E-state index in [1.54, 1.807) is 12.1 Å². The summed E-state index contributed by atoms with van der Waals surface area (Å²) >= 11 is 5.83. The highest BCUT2D eigenvalue weighted by Gasteiger charge is 2.12. The minimum atomic E-state index is -0.489. The molecule has 0 saturated heterocycles. The number of rotatable bonds is 2. The van der Waals surface area contributed by atoms with Crippen molar-refractivity contribution in [2.75, 3.05) is 11.1 Å². The third-order valence-corrected chi connectivity index (χ3v) is 2.95. The maximum atomic E-state index is 12.9. The molecule has 2 rings (SSSR count). The molecular weight excluding hydrogens is 267 g/mol. The predicted octanol–water partition coefficient (Wildman–Crippen LogP) is 3.62. The molecule has 0 aromatic heterocycles. The molecule has 0 fully saturated rings. The van der Waals surface area contributed by atoms with Crippen LogP contribution in [0.4, 0.5) is 15.8 Å². The van der Waals surface area contributed by atoms with Crippen LogP contribution in [0.15, 0.2) is 36.4 Å². The number of hydrogen-bond acceptors (Lipinski definition) is 2. The number of anilines is 2. The van der Waals surface area contributed by atoms with Crippen LogP contribution in [-0.4, -0.2) is 5.91 Å². The summed E-state index contributed by atoms with van der Waals surface area (Å²) in [6.07, 6.45) is 0. The lowest BCUT2D eigenvalue weighted by Crippen LogP contribution is -2.14. The maximum absolute atomic E-state index is 12.9. The number of nitrogens with one attached hydrogen (secondary N) is 1. The van der Waals surface area contributed by atoms with Gasteiger partial charge in [0.25, 0.3) is 5.91 Å².